The van der Waals surface area contributed by atoms with Crippen LogP contribution < -0.4 is 10.9 Å². The van der Waals surface area contributed by atoms with Gasteiger partial charge in [0.15, 0.2) is 0 Å². The third kappa shape index (κ3) is 4.71. The molecule has 3 heterocycles. The van der Waals surface area contributed by atoms with Gasteiger partial charge in [-0.25, -0.2) is 0 Å². The zero-order valence-electron chi connectivity index (χ0n) is 18.7. The summed E-state index contributed by atoms with van der Waals surface area (Å²) in [5, 5.41) is 3.67. The molecule has 34 heavy (non-hydrogen) atoms. The fourth-order valence-electron chi connectivity index (χ4n) is 4.82. The maximum absolute atomic E-state index is 12.7. The molecule has 1 saturated heterocycles. The number of nitrogens with one attached hydrogen (secondary N) is 2. The van der Waals surface area contributed by atoms with E-state index < -0.39 is 0 Å². The Morgan fingerprint density at radius 2 is 1.82 bits per heavy atom. The van der Waals surface area contributed by atoms with Gasteiger partial charge in [0, 0.05) is 18.7 Å². The van der Waals surface area contributed by atoms with E-state index in [0.29, 0.717) is 44.8 Å². The second-order valence-corrected chi connectivity index (χ2v) is 9.73. The highest BCUT2D eigenvalue weighted by atomic mass is 35.5. The third-order valence-electron chi connectivity index (χ3n) is 6.67. The number of amides is 1. The number of rotatable bonds is 6. The van der Waals surface area contributed by atoms with Crippen LogP contribution in [0.15, 0.2) is 59.4 Å². The second-order valence-electron chi connectivity index (χ2n) is 8.93. The number of likely N-dealkylation sites (tertiary alicyclic amines) is 1. The van der Waals surface area contributed by atoms with E-state index in [1.54, 1.807) is 28.7 Å². The number of carbonyl (C=O) groups is 1. The van der Waals surface area contributed by atoms with Crippen LogP contribution in [-0.2, 0) is 6.54 Å². The number of aromatic nitrogens is 2. The fraction of sp³-hybridized carbons (Fsp3) is 0.308. The van der Waals surface area contributed by atoms with Crippen LogP contribution >= 0.6 is 23.2 Å². The van der Waals surface area contributed by atoms with Gasteiger partial charge in [0.2, 0.25) is 0 Å². The van der Waals surface area contributed by atoms with Crippen LogP contribution in [0.4, 0.5) is 0 Å². The van der Waals surface area contributed by atoms with Crippen molar-refractivity contribution in [1.29, 1.82) is 0 Å². The molecule has 0 unspecified atom stereocenters. The van der Waals surface area contributed by atoms with Crippen LogP contribution in [0.25, 0.3) is 16.6 Å². The summed E-state index contributed by atoms with van der Waals surface area (Å²) >= 11 is 12.4. The van der Waals surface area contributed by atoms with Gasteiger partial charge in [-0.1, -0.05) is 53.5 Å². The van der Waals surface area contributed by atoms with E-state index in [-0.39, 0.29) is 11.5 Å². The van der Waals surface area contributed by atoms with Gasteiger partial charge in [0.25, 0.3) is 11.5 Å². The van der Waals surface area contributed by atoms with Crippen molar-refractivity contribution in [1.82, 2.24) is 19.6 Å². The fourth-order valence-corrected chi connectivity index (χ4v) is 5.43. The molecule has 0 aliphatic carbocycles. The summed E-state index contributed by atoms with van der Waals surface area (Å²) in [6, 6.07) is 17.3. The highest BCUT2D eigenvalue weighted by molar-refractivity contribution is 6.37. The lowest BCUT2D eigenvalue weighted by Crippen LogP contribution is -2.34. The topological polar surface area (TPSA) is 69.6 Å². The third-order valence-corrected chi connectivity index (χ3v) is 7.23. The molecule has 2 N–H and O–H groups in total. The van der Waals surface area contributed by atoms with E-state index in [2.05, 4.69) is 39.5 Å². The van der Waals surface area contributed by atoms with Crippen molar-refractivity contribution in [2.75, 3.05) is 19.6 Å². The molecule has 0 saturated carbocycles. The minimum Gasteiger partial charge on any atom is -0.352 e. The first kappa shape index (κ1) is 23.0. The molecular formula is C26H26Cl2N4O2. The Hall–Kier alpha value is -2.80. The lowest BCUT2D eigenvalue weighted by atomic mass is 9.93. The Kier molecular flexibility index (Phi) is 6.63. The van der Waals surface area contributed by atoms with Gasteiger partial charge in [-0.05, 0) is 68.1 Å². The Balaban J connectivity index is 1.17. The van der Waals surface area contributed by atoms with Gasteiger partial charge in [0.1, 0.15) is 10.7 Å². The van der Waals surface area contributed by atoms with Crippen LogP contribution in [0.5, 0.6) is 0 Å². The van der Waals surface area contributed by atoms with E-state index >= 15 is 0 Å². The number of benzene rings is 2. The van der Waals surface area contributed by atoms with Gasteiger partial charge >= 0.3 is 0 Å². The van der Waals surface area contributed by atoms with E-state index in [9.17, 15) is 9.59 Å². The number of hydrogen-bond donors (Lipinski definition) is 2. The van der Waals surface area contributed by atoms with Crippen LogP contribution in [-0.4, -0.2) is 39.8 Å². The van der Waals surface area contributed by atoms with Crippen molar-refractivity contribution >= 4 is 45.7 Å². The zero-order chi connectivity index (χ0) is 23.7. The van der Waals surface area contributed by atoms with Crippen LogP contribution in [0.2, 0.25) is 10.2 Å². The number of aromatic amines is 1. The first-order valence-corrected chi connectivity index (χ1v) is 12.3. The van der Waals surface area contributed by atoms with Gasteiger partial charge in [-0.2, -0.15) is 0 Å². The monoisotopic (exact) mass is 496 g/mol. The predicted octanol–water partition coefficient (Wildman–Crippen LogP) is 5.12. The van der Waals surface area contributed by atoms with Crippen molar-refractivity contribution in [3.05, 3.63) is 86.3 Å². The molecular weight excluding hydrogens is 471 g/mol. The molecule has 0 bridgehead atoms. The molecule has 1 amide bonds. The second kappa shape index (κ2) is 9.82. The minimum atomic E-state index is -0.347. The first-order chi connectivity index (χ1) is 16.5. The zero-order valence-corrected chi connectivity index (χ0v) is 20.2. The molecule has 2 aromatic heterocycles. The van der Waals surface area contributed by atoms with Gasteiger partial charge in [0.05, 0.1) is 16.1 Å². The Bertz CT molecular complexity index is 1390. The van der Waals surface area contributed by atoms with E-state index in [1.165, 1.54) is 5.56 Å². The van der Waals surface area contributed by atoms with Gasteiger partial charge in [-0.3, -0.25) is 18.9 Å². The first-order valence-electron chi connectivity index (χ1n) is 11.6. The summed E-state index contributed by atoms with van der Waals surface area (Å²) in [6.07, 6.45) is 3.26. The van der Waals surface area contributed by atoms with Gasteiger partial charge < -0.3 is 10.3 Å². The molecule has 8 heteroatoms. The Labute approximate surface area is 207 Å². The van der Waals surface area contributed by atoms with Crippen molar-refractivity contribution in [3.63, 3.8) is 0 Å². The number of hydrogen-bond acceptors (Lipinski definition) is 3. The van der Waals surface area contributed by atoms with E-state index in [1.807, 2.05) is 6.07 Å². The number of H-pyrrole nitrogens is 1. The van der Waals surface area contributed by atoms with Crippen LogP contribution in [0.3, 0.4) is 0 Å². The average molecular weight is 497 g/mol. The largest absolute Gasteiger partial charge is 0.352 e. The molecule has 4 aromatic rings. The number of halogens is 2. The summed E-state index contributed by atoms with van der Waals surface area (Å²) in [4.78, 5) is 30.5. The summed E-state index contributed by atoms with van der Waals surface area (Å²) in [7, 11) is 0. The number of nitrogens with zero attached hydrogens (tertiary/aromatic N) is 2. The molecule has 1 fully saturated rings. The summed E-state index contributed by atoms with van der Waals surface area (Å²) in [6.45, 7) is 3.81. The quantitative estimate of drug-likeness (QED) is 0.389. The molecule has 1 aliphatic heterocycles. The summed E-state index contributed by atoms with van der Waals surface area (Å²) < 4.78 is 1.60. The maximum Gasteiger partial charge on any atom is 0.274 e. The Morgan fingerprint density at radius 1 is 1.06 bits per heavy atom. The molecule has 0 atom stereocenters. The maximum atomic E-state index is 12.7. The van der Waals surface area contributed by atoms with Crippen molar-refractivity contribution in [3.8, 4) is 0 Å². The van der Waals surface area contributed by atoms with Crippen molar-refractivity contribution in [2.45, 2.75) is 25.8 Å². The van der Waals surface area contributed by atoms with E-state index in [0.717, 1.165) is 38.9 Å². The minimum absolute atomic E-state index is 0.152. The number of fused-ring (bicyclic) bond motifs is 3. The SMILES string of the molecule is O=C(NCCC1CCN(Cc2ccccc2)CC1)c1ccc2c(c1)[nH]c(=O)c1c(Cl)cc(Cl)n12. The highest BCUT2D eigenvalue weighted by Crippen LogP contribution is 2.27. The molecule has 5 rings (SSSR count). The average Bonchev–Trinajstić information content (AvgIpc) is 3.15. The molecule has 6 nitrogen and oxygen atoms in total. The molecule has 2 aromatic carbocycles. The Morgan fingerprint density at radius 3 is 2.59 bits per heavy atom. The van der Waals surface area contributed by atoms with Crippen LogP contribution in [0, 0.1) is 5.92 Å². The highest BCUT2D eigenvalue weighted by Gasteiger charge is 2.20. The van der Waals surface area contributed by atoms with Crippen molar-refractivity contribution in [2.24, 2.45) is 5.92 Å². The molecule has 0 radical (unpaired) electrons. The van der Waals surface area contributed by atoms with Crippen molar-refractivity contribution < 1.29 is 4.79 Å². The molecule has 176 valence electrons. The molecule has 1 aliphatic rings. The summed E-state index contributed by atoms with van der Waals surface area (Å²) in [5.74, 6) is 0.468. The normalized spacial score (nSPS) is 15.2. The summed E-state index contributed by atoms with van der Waals surface area (Å²) in [5.41, 5.74) is 3.02. The predicted molar refractivity (Wildman–Crippen MR) is 137 cm³/mol. The lowest BCUT2D eigenvalue weighted by molar-refractivity contribution is 0.0948. The van der Waals surface area contributed by atoms with E-state index in [4.69, 9.17) is 23.2 Å². The lowest BCUT2D eigenvalue weighted by Gasteiger charge is -2.32. The molecule has 0 spiro atoms. The van der Waals surface area contributed by atoms with Crippen LogP contribution in [0.1, 0.15) is 35.2 Å². The number of piperidine rings is 1. The number of carbonyl (C=O) groups excluding carboxylic acids is 1. The smallest absolute Gasteiger partial charge is 0.274 e. The standard InChI is InChI=1S/C26H26Cl2N4O2/c27-20-15-23(28)32-22-7-6-19(14-21(22)30-26(34)24(20)32)25(33)29-11-8-17-9-12-31(13-10-17)16-18-4-2-1-3-5-18/h1-7,14-15,17H,8-13,16H2,(H,29,33)(H,30,34). The van der Waals surface area contributed by atoms with Gasteiger partial charge in [-0.15, -0.1) is 0 Å².